The summed E-state index contributed by atoms with van der Waals surface area (Å²) in [4.78, 5) is 3.84. The molecule has 0 amide bonds. The molecule has 1 heterocycles. The highest BCUT2D eigenvalue weighted by Gasteiger charge is 2.11. The van der Waals surface area contributed by atoms with Crippen LogP contribution >= 0.6 is 23.6 Å². The molecular weight excluding hydrogens is 291 g/mol. The SMILES string of the molecule is CCN(Cc1cccs1)Cc1cc(F)ccc1C(N)=S. The summed E-state index contributed by atoms with van der Waals surface area (Å²) in [6.45, 7) is 4.46. The van der Waals surface area contributed by atoms with Crippen LogP contribution in [0.5, 0.6) is 0 Å². The number of thiocarbonyl (C=S) groups is 1. The fourth-order valence-corrected chi connectivity index (χ4v) is 3.02. The zero-order chi connectivity index (χ0) is 14.5. The van der Waals surface area contributed by atoms with E-state index in [1.807, 2.05) is 6.07 Å². The van der Waals surface area contributed by atoms with Gasteiger partial charge >= 0.3 is 0 Å². The molecular formula is C15H17FN2S2. The van der Waals surface area contributed by atoms with Crippen LogP contribution in [-0.2, 0) is 13.1 Å². The van der Waals surface area contributed by atoms with Crippen molar-refractivity contribution in [1.29, 1.82) is 0 Å². The van der Waals surface area contributed by atoms with E-state index < -0.39 is 0 Å². The lowest BCUT2D eigenvalue weighted by Crippen LogP contribution is -2.24. The number of benzene rings is 1. The van der Waals surface area contributed by atoms with Gasteiger partial charge in [0.05, 0.1) is 0 Å². The van der Waals surface area contributed by atoms with Gasteiger partial charge in [0.15, 0.2) is 0 Å². The topological polar surface area (TPSA) is 29.3 Å². The van der Waals surface area contributed by atoms with Crippen molar-refractivity contribution in [3.8, 4) is 0 Å². The Balaban J connectivity index is 2.18. The Morgan fingerprint density at radius 3 is 2.75 bits per heavy atom. The number of rotatable bonds is 6. The number of nitrogens with zero attached hydrogens (tertiary/aromatic N) is 1. The first-order valence-corrected chi connectivity index (χ1v) is 7.72. The first-order valence-electron chi connectivity index (χ1n) is 6.43. The smallest absolute Gasteiger partial charge is 0.123 e. The molecule has 2 N–H and O–H groups in total. The largest absolute Gasteiger partial charge is 0.389 e. The minimum absolute atomic E-state index is 0.257. The van der Waals surface area contributed by atoms with Gasteiger partial charge in [-0.2, -0.15) is 0 Å². The summed E-state index contributed by atoms with van der Waals surface area (Å²) in [6.07, 6.45) is 0. The number of halogens is 1. The van der Waals surface area contributed by atoms with Crippen molar-refractivity contribution in [3.63, 3.8) is 0 Å². The minimum atomic E-state index is -0.257. The second-order valence-corrected chi connectivity index (χ2v) is 6.02. The summed E-state index contributed by atoms with van der Waals surface area (Å²) in [6, 6.07) is 8.72. The van der Waals surface area contributed by atoms with E-state index in [9.17, 15) is 4.39 Å². The van der Waals surface area contributed by atoms with Gasteiger partial charge in [-0.1, -0.05) is 25.2 Å². The van der Waals surface area contributed by atoms with Crippen molar-refractivity contribution in [2.75, 3.05) is 6.54 Å². The van der Waals surface area contributed by atoms with Crippen LogP contribution in [0.2, 0.25) is 0 Å². The lowest BCUT2D eigenvalue weighted by atomic mass is 10.1. The predicted octanol–water partition coefficient (Wildman–Crippen LogP) is 3.54. The Morgan fingerprint density at radius 1 is 1.35 bits per heavy atom. The second kappa shape index (κ2) is 6.92. The van der Waals surface area contributed by atoms with Crippen molar-refractivity contribution in [2.45, 2.75) is 20.0 Å². The van der Waals surface area contributed by atoms with E-state index in [0.717, 1.165) is 24.2 Å². The van der Waals surface area contributed by atoms with E-state index in [-0.39, 0.29) is 5.82 Å². The molecule has 2 rings (SSSR count). The van der Waals surface area contributed by atoms with E-state index in [0.29, 0.717) is 11.5 Å². The van der Waals surface area contributed by atoms with Gasteiger partial charge in [-0.15, -0.1) is 11.3 Å². The summed E-state index contributed by atoms with van der Waals surface area (Å²) in [5, 5.41) is 2.06. The zero-order valence-electron chi connectivity index (χ0n) is 11.3. The zero-order valence-corrected chi connectivity index (χ0v) is 12.9. The maximum absolute atomic E-state index is 13.4. The van der Waals surface area contributed by atoms with Gasteiger partial charge < -0.3 is 5.73 Å². The van der Waals surface area contributed by atoms with Crippen LogP contribution in [0.1, 0.15) is 22.9 Å². The van der Waals surface area contributed by atoms with E-state index in [1.165, 1.54) is 17.0 Å². The summed E-state index contributed by atoms with van der Waals surface area (Å²) >= 11 is 6.76. The number of hydrogen-bond acceptors (Lipinski definition) is 3. The van der Waals surface area contributed by atoms with Gasteiger partial charge in [-0.3, -0.25) is 4.90 Å². The van der Waals surface area contributed by atoms with Crippen molar-refractivity contribution < 1.29 is 4.39 Å². The molecule has 5 heteroatoms. The quantitative estimate of drug-likeness (QED) is 0.828. The third-order valence-corrected chi connectivity index (χ3v) is 4.21. The average molecular weight is 308 g/mol. The molecule has 0 saturated carbocycles. The van der Waals surface area contributed by atoms with Crippen molar-refractivity contribution in [2.24, 2.45) is 5.73 Å². The lowest BCUT2D eigenvalue weighted by Gasteiger charge is -2.21. The summed E-state index contributed by atoms with van der Waals surface area (Å²) in [5.41, 5.74) is 7.31. The molecule has 106 valence electrons. The maximum atomic E-state index is 13.4. The highest BCUT2D eigenvalue weighted by molar-refractivity contribution is 7.80. The Hall–Kier alpha value is -1.30. The molecule has 0 atom stereocenters. The molecule has 0 unspecified atom stereocenters. The van der Waals surface area contributed by atoms with Crippen LogP contribution in [0.25, 0.3) is 0 Å². The van der Waals surface area contributed by atoms with Gasteiger partial charge in [-0.05, 0) is 41.8 Å². The first kappa shape index (κ1) is 15.1. The molecule has 0 radical (unpaired) electrons. The van der Waals surface area contributed by atoms with Gasteiger partial charge in [0.2, 0.25) is 0 Å². The Kier molecular flexibility index (Phi) is 5.23. The highest BCUT2D eigenvalue weighted by Crippen LogP contribution is 2.17. The van der Waals surface area contributed by atoms with Crippen molar-refractivity contribution >= 4 is 28.5 Å². The third kappa shape index (κ3) is 3.85. The normalized spacial score (nSPS) is 10.9. The molecule has 1 aromatic carbocycles. The molecule has 20 heavy (non-hydrogen) atoms. The highest BCUT2D eigenvalue weighted by atomic mass is 32.1. The standard InChI is InChI=1S/C15H17FN2S2/c1-2-18(10-13-4-3-7-20-13)9-11-8-12(16)5-6-14(11)15(17)19/h3-8H,2,9-10H2,1H3,(H2,17,19). The summed E-state index contributed by atoms with van der Waals surface area (Å²) in [5.74, 6) is -0.257. The van der Waals surface area contributed by atoms with Crippen LogP contribution in [0, 0.1) is 5.82 Å². The molecule has 0 saturated heterocycles. The fraction of sp³-hybridized carbons (Fsp3) is 0.267. The molecule has 2 aromatic rings. The van der Waals surface area contributed by atoms with Gasteiger partial charge in [0.1, 0.15) is 10.8 Å². The Morgan fingerprint density at radius 2 is 2.15 bits per heavy atom. The monoisotopic (exact) mass is 308 g/mol. The molecule has 0 aliphatic rings. The number of thiophene rings is 1. The first-order chi connectivity index (χ1) is 9.60. The molecule has 1 aromatic heterocycles. The van der Waals surface area contributed by atoms with E-state index >= 15 is 0 Å². The maximum Gasteiger partial charge on any atom is 0.123 e. The van der Waals surface area contributed by atoms with E-state index in [2.05, 4.69) is 23.3 Å². The number of nitrogens with two attached hydrogens (primary N) is 1. The minimum Gasteiger partial charge on any atom is -0.389 e. The lowest BCUT2D eigenvalue weighted by molar-refractivity contribution is 0.273. The van der Waals surface area contributed by atoms with Gasteiger partial charge in [0, 0.05) is 23.5 Å². The summed E-state index contributed by atoms with van der Waals surface area (Å²) < 4.78 is 13.4. The van der Waals surface area contributed by atoms with Gasteiger partial charge in [-0.25, -0.2) is 4.39 Å². The Labute approximate surface area is 128 Å². The molecule has 0 bridgehead atoms. The average Bonchev–Trinajstić information content (AvgIpc) is 2.90. The fourth-order valence-electron chi connectivity index (χ4n) is 2.08. The van der Waals surface area contributed by atoms with Crippen molar-refractivity contribution in [3.05, 3.63) is 57.5 Å². The van der Waals surface area contributed by atoms with Crippen LogP contribution in [-0.4, -0.2) is 16.4 Å². The number of hydrogen-bond donors (Lipinski definition) is 1. The van der Waals surface area contributed by atoms with E-state index in [1.54, 1.807) is 17.4 Å². The summed E-state index contributed by atoms with van der Waals surface area (Å²) in [7, 11) is 0. The Bertz CT molecular complexity index is 582. The molecule has 2 nitrogen and oxygen atoms in total. The van der Waals surface area contributed by atoms with Crippen LogP contribution in [0.4, 0.5) is 4.39 Å². The molecule has 0 aliphatic heterocycles. The predicted molar refractivity (Wildman–Crippen MR) is 86.4 cm³/mol. The van der Waals surface area contributed by atoms with E-state index in [4.69, 9.17) is 18.0 Å². The van der Waals surface area contributed by atoms with Crippen LogP contribution in [0.15, 0.2) is 35.7 Å². The second-order valence-electron chi connectivity index (χ2n) is 4.55. The molecule has 0 spiro atoms. The molecule has 0 fully saturated rings. The third-order valence-electron chi connectivity index (χ3n) is 3.13. The molecule has 0 aliphatic carbocycles. The van der Waals surface area contributed by atoms with Crippen molar-refractivity contribution in [1.82, 2.24) is 4.90 Å². The van der Waals surface area contributed by atoms with Gasteiger partial charge in [0.25, 0.3) is 0 Å². The van der Waals surface area contributed by atoms with Crippen LogP contribution < -0.4 is 5.73 Å². The van der Waals surface area contributed by atoms with Crippen LogP contribution in [0.3, 0.4) is 0 Å².